The van der Waals surface area contributed by atoms with Gasteiger partial charge in [-0.1, -0.05) is 53.0 Å². The highest BCUT2D eigenvalue weighted by Crippen LogP contribution is 2.37. The molecule has 84 valence electrons. The molecule has 0 aliphatic rings. The average molecular weight is 295 g/mol. The molecule has 7 heteroatoms. The second-order valence-corrected chi connectivity index (χ2v) is 5.95. The van der Waals surface area contributed by atoms with Gasteiger partial charge in [-0.25, -0.2) is 0 Å². The molecule has 0 fully saturated rings. The third-order valence-electron chi connectivity index (χ3n) is 1.70. The summed E-state index contributed by atoms with van der Waals surface area (Å²) in [4.78, 5) is 4.08. The number of anilines is 2. The topological polar surface area (TPSA) is 37.8 Å². The van der Waals surface area contributed by atoms with Gasteiger partial charge in [0.25, 0.3) is 3.79 Å². The van der Waals surface area contributed by atoms with Crippen LogP contribution in [0.15, 0.2) is 30.3 Å². The first-order chi connectivity index (χ1) is 7.55. The molecule has 16 heavy (non-hydrogen) atoms. The minimum atomic E-state index is -1.58. The molecule has 0 saturated heterocycles. The van der Waals surface area contributed by atoms with Crippen molar-refractivity contribution < 1.29 is 0 Å². The summed E-state index contributed by atoms with van der Waals surface area (Å²) in [6, 6.07) is 9.59. The molecule has 2 rings (SSSR count). The van der Waals surface area contributed by atoms with E-state index in [1.807, 2.05) is 30.3 Å². The zero-order valence-electron chi connectivity index (χ0n) is 7.82. The molecule has 3 nitrogen and oxygen atoms in total. The first-order valence-electron chi connectivity index (χ1n) is 4.29. The third-order valence-corrected chi connectivity index (χ3v) is 2.84. The Morgan fingerprint density at radius 1 is 1.12 bits per heavy atom. The molecule has 1 heterocycles. The van der Waals surface area contributed by atoms with Crippen LogP contribution in [-0.4, -0.2) is 9.36 Å². The Hall–Kier alpha value is -0.550. The lowest BCUT2D eigenvalue weighted by Gasteiger charge is -2.03. The van der Waals surface area contributed by atoms with Gasteiger partial charge in [-0.3, -0.25) is 0 Å². The molecule has 1 aromatic carbocycles. The largest absolute Gasteiger partial charge is 0.330 e. The van der Waals surface area contributed by atoms with Gasteiger partial charge < -0.3 is 5.32 Å². The smallest absolute Gasteiger partial charge is 0.251 e. The molecule has 1 aromatic heterocycles. The summed E-state index contributed by atoms with van der Waals surface area (Å²) < 4.78 is 2.38. The molecule has 0 radical (unpaired) electrons. The lowest BCUT2D eigenvalue weighted by Crippen LogP contribution is -2.02. The summed E-state index contributed by atoms with van der Waals surface area (Å²) in [6.45, 7) is 0. The van der Waals surface area contributed by atoms with Crippen LogP contribution in [0.1, 0.15) is 5.82 Å². The van der Waals surface area contributed by atoms with Gasteiger partial charge in [-0.15, -0.1) is 0 Å². The summed E-state index contributed by atoms with van der Waals surface area (Å²) in [5.41, 5.74) is 0.912. The molecule has 0 atom stereocenters. The van der Waals surface area contributed by atoms with E-state index in [4.69, 9.17) is 34.8 Å². The number of nitrogens with zero attached hydrogens (tertiary/aromatic N) is 2. The first kappa shape index (κ1) is 11.9. The van der Waals surface area contributed by atoms with Gasteiger partial charge in [-0.05, 0) is 12.1 Å². The maximum atomic E-state index is 5.66. The summed E-state index contributed by atoms with van der Waals surface area (Å²) in [5, 5.41) is 3.66. The van der Waals surface area contributed by atoms with Crippen LogP contribution in [0.4, 0.5) is 10.8 Å². The van der Waals surface area contributed by atoms with Crippen molar-refractivity contribution >= 4 is 57.2 Å². The Morgan fingerprint density at radius 3 is 2.38 bits per heavy atom. The zero-order valence-corrected chi connectivity index (χ0v) is 10.9. The van der Waals surface area contributed by atoms with Crippen molar-refractivity contribution in [2.24, 2.45) is 0 Å². The maximum Gasteiger partial charge on any atom is 0.251 e. The van der Waals surface area contributed by atoms with Gasteiger partial charge in [0.15, 0.2) is 5.82 Å². The predicted octanol–water partition coefficient (Wildman–Crippen LogP) is 4.11. The van der Waals surface area contributed by atoms with Crippen LogP contribution in [0, 0.1) is 0 Å². The van der Waals surface area contributed by atoms with Crippen molar-refractivity contribution in [1.82, 2.24) is 9.36 Å². The summed E-state index contributed by atoms with van der Waals surface area (Å²) in [6.07, 6.45) is 0. The van der Waals surface area contributed by atoms with Gasteiger partial charge in [-0.2, -0.15) is 9.36 Å². The van der Waals surface area contributed by atoms with Gasteiger partial charge in [0.05, 0.1) is 0 Å². The molecular formula is C9H6Cl3N3S. The molecule has 0 aliphatic heterocycles. The monoisotopic (exact) mass is 293 g/mol. The standard InChI is InChI=1S/C9H6Cl3N3S/c10-9(11,12)7-14-8(16-15-7)13-6-4-2-1-3-5-6/h1-5H,(H,13,14,15). The van der Waals surface area contributed by atoms with Gasteiger partial charge >= 0.3 is 0 Å². The number of aromatic nitrogens is 2. The molecule has 0 unspecified atom stereocenters. The highest BCUT2D eigenvalue weighted by molar-refractivity contribution is 7.09. The molecule has 2 aromatic rings. The van der Waals surface area contributed by atoms with E-state index in [-0.39, 0.29) is 5.82 Å². The lowest BCUT2D eigenvalue weighted by atomic mass is 10.3. The van der Waals surface area contributed by atoms with E-state index in [1.165, 1.54) is 0 Å². The number of alkyl halides is 3. The number of benzene rings is 1. The Kier molecular flexibility index (Phi) is 3.54. The van der Waals surface area contributed by atoms with Crippen molar-refractivity contribution in [2.75, 3.05) is 5.32 Å². The Balaban J connectivity index is 2.15. The van der Waals surface area contributed by atoms with Gasteiger partial charge in [0.2, 0.25) is 5.13 Å². The average Bonchev–Trinajstić information content (AvgIpc) is 2.67. The Labute approximate surface area is 112 Å². The summed E-state index contributed by atoms with van der Waals surface area (Å²) >= 11 is 18.1. The van der Waals surface area contributed by atoms with Crippen LogP contribution in [0.2, 0.25) is 0 Å². The predicted molar refractivity (Wildman–Crippen MR) is 68.9 cm³/mol. The summed E-state index contributed by atoms with van der Waals surface area (Å²) in [5.74, 6) is 0.181. The van der Waals surface area contributed by atoms with E-state index in [9.17, 15) is 0 Å². The Bertz CT molecular complexity index is 466. The number of nitrogens with one attached hydrogen (secondary N) is 1. The van der Waals surface area contributed by atoms with Crippen molar-refractivity contribution in [2.45, 2.75) is 3.79 Å². The van der Waals surface area contributed by atoms with Crippen LogP contribution in [0.5, 0.6) is 0 Å². The Morgan fingerprint density at radius 2 is 1.81 bits per heavy atom. The second-order valence-electron chi connectivity index (χ2n) is 2.91. The number of rotatable bonds is 2. The van der Waals surface area contributed by atoms with Crippen LogP contribution in [-0.2, 0) is 3.79 Å². The quantitative estimate of drug-likeness (QED) is 0.847. The zero-order chi connectivity index (χ0) is 11.6. The van der Waals surface area contributed by atoms with E-state index in [1.54, 1.807) is 0 Å². The van der Waals surface area contributed by atoms with Crippen LogP contribution in [0.25, 0.3) is 0 Å². The molecular weight excluding hydrogens is 289 g/mol. The SMILES string of the molecule is ClC(Cl)(Cl)c1nsc(Nc2ccccc2)n1. The molecule has 0 spiro atoms. The van der Waals surface area contributed by atoms with Crippen LogP contribution >= 0.6 is 46.3 Å². The minimum Gasteiger partial charge on any atom is -0.330 e. The van der Waals surface area contributed by atoms with Crippen molar-refractivity contribution in [3.05, 3.63) is 36.2 Å². The highest BCUT2D eigenvalue weighted by Gasteiger charge is 2.28. The fourth-order valence-corrected chi connectivity index (χ4v) is 2.08. The molecule has 0 bridgehead atoms. The minimum absolute atomic E-state index is 0.181. The molecule has 0 amide bonds. The number of para-hydroxylation sites is 1. The van der Waals surface area contributed by atoms with E-state index in [0.717, 1.165) is 17.2 Å². The summed E-state index contributed by atoms with van der Waals surface area (Å²) in [7, 11) is 0. The maximum absolute atomic E-state index is 5.66. The molecule has 0 saturated carbocycles. The highest BCUT2D eigenvalue weighted by atomic mass is 35.6. The van der Waals surface area contributed by atoms with Crippen molar-refractivity contribution in [1.29, 1.82) is 0 Å². The van der Waals surface area contributed by atoms with E-state index < -0.39 is 3.79 Å². The van der Waals surface area contributed by atoms with Crippen LogP contribution in [0.3, 0.4) is 0 Å². The number of hydrogen-bond acceptors (Lipinski definition) is 4. The second kappa shape index (κ2) is 4.75. The number of hydrogen-bond donors (Lipinski definition) is 1. The van der Waals surface area contributed by atoms with E-state index in [2.05, 4.69) is 14.7 Å². The lowest BCUT2D eigenvalue weighted by molar-refractivity contribution is 1.05. The van der Waals surface area contributed by atoms with Crippen LogP contribution < -0.4 is 5.32 Å². The molecule has 0 aliphatic carbocycles. The fraction of sp³-hybridized carbons (Fsp3) is 0.111. The normalized spacial score (nSPS) is 11.4. The van der Waals surface area contributed by atoms with Gasteiger partial charge in [0.1, 0.15) is 0 Å². The first-order valence-corrected chi connectivity index (χ1v) is 6.19. The van der Waals surface area contributed by atoms with Crippen molar-refractivity contribution in [3.8, 4) is 0 Å². The fourth-order valence-electron chi connectivity index (χ4n) is 1.03. The third kappa shape index (κ3) is 2.98. The number of halogens is 3. The van der Waals surface area contributed by atoms with E-state index >= 15 is 0 Å². The van der Waals surface area contributed by atoms with E-state index in [0.29, 0.717) is 5.13 Å². The molecule has 1 N–H and O–H groups in total. The van der Waals surface area contributed by atoms with Gasteiger partial charge in [0, 0.05) is 17.2 Å². The van der Waals surface area contributed by atoms with Crippen molar-refractivity contribution in [3.63, 3.8) is 0 Å².